The molecule has 0 heterocycles. The minimum atomic E-state index is -0.445. The van der Waals surface area contributed by atoms with Crippen molar-refractivity contribution in [3.05, 3.63) is 150 Å². The molecule has 5 aromatic carbocycles. The zero-order chi connectivity index (χ0) is 23.0. The lowest BCUT2D eigenvalue weighted by Gasteiger charge is -2.35. The second-order valence-corrected chi connectivity index (χ2v) is 8.50. The van der Waals surface area contributed by atoms with Gasteiger partial charge in [-0.3, -0.25) is 0 Å². The molecule has 1 aliphatic carbocycles. The van der Waals surface area contributed by atoms with Gasteiger partial charge < -0.3 is 9.68 Å². The van der Waals surface area contributed by atoms with Crippen molar-refractivity contribution in [3.8, 4) is 28.0 Å². The van der Waals surface area contributed by atoms with Gasteiger partial charge in [0, 0.05) is 0 Å². The van der Waals surface area contributed by atoms with Gasteiger partial charge in [0.05, 0.1) is 5.41 Å². The zero-order valence-corrected chi connectivity index (χ0v) is 18.6. The van der Waals surface area contributed by atoms with E-state index >= 15 is 0 Å². The van der Waals surface area contributed by atoms with E-state index in [0.29, 0.717) is 13.4 Å². The number of hydrogen-bond donors (Lipinski definition) is 1. The van der Waals surface area contributed by atoms with E-state index in [0.717, 1.165) is 5.56 Å². The van der Waals surface area contributed by atoms with Crippen molar-refractivity contribution in [2.75, 3.05) is 0 Å². The van der Waals surface area contributed by atoms with Crippen molar-refractivity contribution in [2.45, 2.75) is 5.41 Å². The van der Waals surface area contributed by atoms with Crippen LogP contribution in [-0.4, -0.2) is 12.7 Å². The summed E-state index contributed by atoms with van der Waals surface area (Å²) >= 11 is 0. The Kier molecular flexibility index (Phi) is 5.05. The first-order valence-electron chi connectivity index (χ1n) is 11.4. The first kappa shape index (κ1) is 20.5. The molecular formula is C31H22BO2. The van der Waals surface area contributed by atoms with Crippen molar-refractivity contribution in [1.82, 2.24) is 0 Å². The molecule has 0 amide bonds. The molecule has 3 heteroatoms. The van der Waals surface area contributed by atoms with Gasteiger partial charge in [0.25, 0.3) is 0 Å². The summed E-state index contributed by atoms with van der Waals surface area (Å²) in [6, 6.07) is 44.9. The van der Waals surface area contributed by atoms with Crippen LogP contribution < -0.4 is 4.65 Å². The van der Waals surface area contributed by atoms with Crippen LogP contribution >= 0.6 is 0 Å². The Morgan fingerprint density at radius 3 is 1.74 bits per heavy atom. The fourth-order valence-electron chi connectivity index (χ4n) is 5.52. The van der Waals surface area contributed by atoms with Gasteiger partial charge >= 0.3 is 7.69 Å². The topological polar surface area (TPSA) is 29.5 Å². The molecule has 0 fully saturated rings. The summed E-state index contributed by atoms with van der Waals surface area (Å²) in [6.45, 7) is 0. The highest BCUT2D eigenvalue weighted by atomic mass is 16.5. The monoisotopic (exact) mass is 437 g/mol. The molecule has 2 nitrogen and oxygen atoms in total. The molecule has 0 saturated heterocycles. The third-order valence-electron chi connectivity index (χ3n) is 6.83. The van der Waals surface area contributed by atoms with Crippen LogP contribution in [0.1, 0.15) is 22.3 Å². The lowest BCUT2D eigenvalue weighted by molar-refractivity contribution is 0.454. The van der Waals surface area contributed by atoms with Crippen LogP contribution in [0.4, 0.5) is 0 Å². The molecule has 0 aromatic heterocycles. The Morgan fingerprint density at radius 2 is 1.09 bits per heavy atom. The van der Waals surface area contributed by atoms with Gasteiger partial charge in [0.1, 0.15) is 5.75 Å². The normalized spacial score (nSPS) is 13.1. The van der Waals surface area contributed by atoms with Crippen LogP contribution in [0.15, 0.2) is 127 Å². The minimum absolute atomic E-state index is 0.445. The molecule has 5 aromatic rings. The van der Waals surface area contributed by atoms with Crippen molar-refractivity contribution >= 4 is 7.69 Å². The van der Waals surface area contributed by atoms with Crippen LogP contribution in [0, 0.1) is 0 Å². The zero-order valence-electron chi connectivity index (χ0n) is 18.6. The Balaban J connectivity index is 1.72. The smallest absolute Gasteiger partial charge is 0.537 e. The van der Waals surface area contributed by atoms with Crippen molar-refractivity contribution in [2.24, 2.45) is 0 Å². The summed E-state index contributed by atoms with van der Waals surface area (Å²) in [7, 11) is 0.710. The molecule has 34 heavy (non-hydrogen) atoms. The predicted octanol–water partition coefficient (Wildman–Crippen LogP) is 6.62. The summed E-state index contributed by atoms with van der Waals surface area (Å²) in [5.74, 6) is 0.597. The fourth-order valence-corrected chi connectivity index (χ4v) is 5.52. The van der Waals surface area contributed by atoms with Gasteiger partial charge in [-0.05, 0) is 56.6 Å². The fraction of sp³-hybridized carbons (Fsp3) is 0.0323. The maximum absolute atomic E-state index is 9.01. The minimum Gasteiger partial charge on any atom is -0.537 e. The van der Waals surface area contributed by atoms with Gasteiger partial charge in [-0.1, -0.05) is 115 Å². The first-order valence-corrected chi connectivity index (χ1v) is 11.4. The number of fused-ring (bicyclic) bond motifs is 3. The van der Waals surface area contributed by atoms with Gasteiger partial charge in [0.15, 0.2) is 0 Å². The van der Waals surface area contributed by atoms with E-state index < -0.39 is 5.41 Å². The van der Waals surface area contributed by atoms with E-state index in [4.69, 9.17) is 9.68 Å². The Hall–Kier alpha value is -4.08. The lowest BCUT2D eigenvalue weighted by atomic mass is 9.66. The Labute approximate surface area is 200 Å². The molecule has 0 atom stereocenters. The summed E-state index contributed by atoms with van der Waals surface area (Å²) in [5.41, 5.74) is 9.43. The number of benzene rings is 5. The lowest BCUT2D eigenvalue weighted by Crippen LogP contribution is -2.29. The van der Waals surface area contributed by atoms with E-state index in [1.54, 1.807) is 0 Å². The predicted molar refractivity (Wildman–Crippen MR) is 138 cm³/mol. The molecule has 1 aliphatic rings. The summed E-state index contributed by atoms with van der Waals surface area (Å²) < 4.78 is 5.15. The van der Waals surface area contributed by atoms with E-state index in [-0.39, 0.29) is 0 Å². The molecule has 1 radical (unpaired) electrons. The highest BCUT2D eigenvalue weighted by Gasteiger charge is 2.47. The highest BCUT2D eigenvalue weighted by molar-refractivity contribution is 6.17. The Bertz CT molecular complexity index is 1410. The molecule has 0 saturated carbocycles. The second-order valence-electron chi connectivity index (χ2n) is 8.50. The quantitative estimate of drug-likeness (QED) is 0.307. The maximum atomic E-state index is 9.01. The SMILES string of the molecule is O[B]Oc1ccc(-c2cccc3c2C(c2ccccc2)(c2ccccc2)c2ccccc2-3)cc1. The molecule has 1 N–H and O–H groups in total. The molecule has 0 unspecified atom stereocenters. The standard InChI is InChI=1S/C31H22BO2/c33-32-34-25-20-18-22(19-21-25)26-15-9-16-28-27-14-7-8-17-29(27)31(30(26)28,23-10-3-1-4-11-23)24-12-5-2-6-13-24/h1-21,33H. The first-order chi connectivity index (χ1) is 16.8. The second kappa shape index (κ2) is 8.37. The maximum Gasteiger partial charge on any atom is 0.569 e. The molecule has 0 aliphatic heterocycles. The third kappa shape index (κ3) is 3.02. The largest absolute Gasteiger partial charge is 0.569 e. The number of rotatable bonds is 5. The molecule has 0 spiro atoms. The van der Waals surface area contributed by atoms with Crippen molar-refractivity contribution < 1.29 is 9.68 Å². The van der Waals surface area contributed by atoms with Crippen LogP contribution in [-0.2, 0) is 5.41 Å². The van der Waals surface area contributed by atoms with Crippen LogP contribution in [0.25, 0.3) is 22.3 Å². The number of hydrogen-bond acceptors (Lipinski definition) is 2. The van der Waals surface area contributed by atoms with Gasteiger partial charge in [-0.2, -0.15) is 0 Å². The summed E-state index contributed by atoms with van der Waals surface area (Å²) in [4.78, 5) is 0. The molecule has 161 valence electrons. The van der Waals surface area contributed by atoms with Crippen molar-refractivity contribution in [1.29, 1.82) is 0 Å². The van der Waals surface area contributed by atoms with Crippen molar-refractivity contribution in [3.63, 3.8) is 0 Å². The van der Waals surface area contributed by atoms with Crippen LogP contribution in [0.3, 0.4) is 0 Å². The third-order valence-corrected chi connectivity index (χ3v) is 6.83. The van der Waals surface area contributed by atoms with Gasteiger partial charge in [0.2, 0.25) is 0 Å². The van der Waals surface area contributed by atoms with Gasteiger partial charge in [-0.15, -0.1) is 0 Å². The van der Waals surface area contributed by atoms with Gasteiger partial charge in [-0.25, -0.2) is 0 Å². The molecular weight excluding hydrogens is 415 g/mol. The van der Waals surface area contributed by atoms with E-state index in [1.165, 1.54) is 38.9 Å². The van der Waals surface area contributed by atoms with E-state index in [9.17, 15) is 0 Å². The average molecular weight is 437 g/mol. The van der Waals surface area contributed by atoms with E-state index in [1.807, 2.05) is 12.1 Å². The molecule has 6 rings (SSSR count). The molecule has 0 bridgehead atoms. The highest BCUT2D eigenvalue weighted by Crippen LogP contribution is 2.58. The van der Waals surface area contributed by atoms with Crippen LogP contribution in [0.2, 0.25) is 0 Å². The summed E-state index contributed by atoms with van der Waals surface area (Å²) in [5, 5.41) is 9.01. The van der Waals surface area contributed by atoms with Crippen LogP contribution in [0.5, 0.6) is 5.75 Å². The summed E-state index contributed by atoms with van der Waals surface area (Å²) in [6.07, 6.45) is 0. The van der Waals surface area contributed by atoms with E-state index in [2.05, 4.69) is 115 Å². The average Bonchev–Trinajstić information content (AvgIpc) is 3.22. The Morgan fingerprint density at radius 1 is 0.529 bits per heavy atom.